The van der Waals surface area contributed by atoms with Gasteiger partial charge < -0.3 is 10.7 Å². The van der Waals surface area contributed by atoms with Crippen molar-refractivity contribution in [1.29, 1.82) is 0 Å². The molecule has 2 aromatic heterocycles. The average molecular weight is 308 g/mol. The number of nitrogens with zero attached hydrogens (tertiary/aromatic N) is 2. The van der Waals surface area contributed by atoms with Gasteiger partial charge in [-0.1, -0.05) is 18.2 Å². The standard InChI is InChI=1S/C17H16N4O2/c1-10-7-11(2)21(17(23)15(10)16(18)22)19-9-13-8-12-5-3-4-6-14(12)20-13/h3-9,20H,1-2H3,(H2,18,22). The molecule has 2 heterocycles. The van der Waals surface area contributed by atoms with E-state index in [4.69, 9.17) is 5.73 Å². The number of carbonyl (C=O) groups excluding carboxylic acids is 1. The predicted octanol–water partition coefficient (Wildman–Crippen LogP) is 1.93. The normalized spacial score (nSPS) is 11.4. The third kappa shape index (κ3) is 2.66. The number of amides is 1. The Bertz CT molecular complexity index is 962. The molecule has 0 saturated heterocycles. The molecule has 0 atom stereocenters. The minimum Gasteiger partial charge on any atom is -0.365 e. The minimum absolute atomic E-state index is 0.0376. The summed E-state index contributed by atoms with van der Waals surface area (Å²) in [7, 11) is 0. The first kappa shape index (κ1) is 14.8. The van der Waals surface area contributed by atoms with Gasteiger partial charge in [-0.05, 0) is 37.6 Å². The van der Waals surface area contributed by atoms with E-state index < -0.39 is 11.5 Å². The molecule has 6 heteroatoms. The van der Waals surface area contributed by atoms with Crippen molar-refractivity contribution in [2.45, 2.75) is 13.8 Å². The van der Waals surface area contributed by atoms with Crippen LogP contribution in [-0.2, 0) is 0 Å². The minimum atomic E-state index is -0.748. The number of para-hydroxylation sites is 1. The Morgan fingerprint density at radius 3 is 2.70 bits per heavy atom. The molecule has 0 unspecified atom stereocenters. The third-order valence-corrected chi connectivity index (χ3v) is 3.67. The highest BCUT2D eigenvalue weighted by Gasteiger charge is 2.14. The molecular weight excluding hydrogens is 292 g/mol. The molecule has 0 saturated carbocycles. The quantitative estimate of drug-likeness (QED) is 0.723. The van der Waals surface area contributed by atoms with Crippen LogP contribution < -0.4 is 11.3 Å². The highest BCUT2D eigenvalue weighted by atomic mass is 16.2. The van der Waals surface area contributed by atoms with Crippen LogP contribution in [0.1, 0.15) is 27.3 Å². The van der Waals surface area contributed by atoms with Crippen LogP contribution in [0.2, 0.25) is 0 Å². The van der Waals surface area contributed by atoms with Gasteiger partial charge in [-0.2, -0.15) is 5.10 Å². The van der Waals surface area contributed by atoms with Crippen molar-refractivity contribution in [2.75, 3.05) is 0 Å². The Labute approximate surface area is 132 Å². The maximum atomic E-state index is 12.4. The number of aromatic nitrogens is 2. The highest BCUT2D eigenvalue weighted by molar-refractivity contribution is 5.94. The summed E-state index contributed by atoms with van der Waals surface area (Å²) in [4.78, 5) is 27.0. The SMILES string of the molecule is Cc1cc(C)n(N=Cc2cc3ccccc3[nH]2)c(=O)c1C(N)=O. The zero-order valence-electron chi connectivity index (χ0n) is 12.8. The molecule has 6 nitrogen and oxygen atoms in total. The fraction of sp³-hybridized carbons (Fsp3) is 0.118. The topological polar surface area (TPSA) is 93.2 Å². The Balaban J connectivity index is 2.07. The van der Waals surface area contributed by atoms with Crippen LogP contribution in [0.25, 0.3) is 10.9 Å². The van der Waals surface area contributed by atoms with Crippen molar-refractivity contribution in [3.8, 4) is 0 Å². The maximum Gasteiger partial charge on any atom is 0.284 e. The van der Waals surface area contributed by atoms with Crippen LogP contribution in [0, 0.1) is 13.8 Å². The summed E-state index contributed by atoms with van der Waals surface area (Å²) in [6.07, 6.45) is 1.55. The van der Waals surface area contributed by atoms with E-state index in [9.17, 15) is 9.59 Å². The Morgan fingerprint density at radius 2 is 2.00 bits per heavy atom. The van der Waals surface area contributed by atoms with E-state index in [0.29, 0.717) is 11.3 Å². The number of H-pyrrole nitrogens is 1. The van der Waals surface area contributed by atoms with Gasteiger partial charge in [0.2, 0.25) is 0 Å². The Hall–Kier alpha value is -3.15. The van der Waals surface area contributed by atoms with Crippen molar-refractivity contribution in [1.82, 2.24) is 9.66 Å². The highest BCUT2D eigenvalue weighted by Crippen LogP contribution is 2.13. The lowest BCUT2D eigenvalue weighted by molar-refractivity contribution is 0.0997. The summed E-state index contributed by atoms with van der Waals surface area (Å²) in [5.74, 6) is -0.748. The fourth-order valence-electron chi connectivity index (χ4n) is 2.61. The monoisotopic (exact) mass is 308 g/mol. The van der Waals surface area contributed by atoms with Crippen molar-refractivity contribution < 1.29 is 4.79 Å². The third-order valence-electron chi connectivity index (χ3n) is 3.67. The lowest BCUT2D eigenvalue weighted by Gasteiger charge is -2.07. The van der Waals surface area contributed by atoms with Crippen LogP contribution in [-0.4, -0.2) is 21.8 Å². The number of nitrogens with two attached hydrogens (primary N) is 1. The van der Waals surface area contributed by atoms with Crippen LogP contribution in [0.5, 0.6) is 0 Å². The van der Waals surface area contributed by atoms with Gasteiger partial charge in [0.1, 0.15) is 5.56 Å². The number of carbonyl (C=O) groups is 1. The first-order valence-corrected chi connectivity index (χ1v) is 7.12. The molecule has 0 aliphatic rings. The molecule has 23 heavy (non-hydrogen) atoms. The van der Waals surface area contributed by atoms with Crippen molar-refractivity contribution in [3.63, 3.8) is 0 Å². The molecule has 0 aliphatic carbocycles. The van der Waals surface area contributed by atoms with Gasteiger partial charge in [-0.3, -0.25) is 9.59 Å². The summed E-state index contributed by atoms with van der Waals surface area (Å²) in [5.41, 5.74) is 7.66. The largest absolute Gasteiger partial charge is 0.365 e. The first-order valence-electron chi connectivity index (χ1n) is 7.12. The van der Waals surface area contributed by atoms with Crippen LogP contribution in [0.4, 0.5) is 0 Å². The van der Waals surface area contributed by atoms with Gasteiger partial charge in [-0.15, -0.1) is 0 Å². The molecule has 3 aromatic rings. The molecule has 0 spiro atoms. The molecule has 116 valence electrons. The number of benzene rings is 1. The van der Waals surface area contributed by atoms with Crippen LogP contribution in [0.15, 0.2) is 46.3 Å². The van der Waals surface area contributed by atoms with E-state index in [1.54, 1.807) is 26.1 Å². The van der Waals surface area contributed by atoms with E-state index >= 15 is 0 Å². The van der Waals surface area contributed by atoms with Gasteiger partial charge in [0.15, 0.2) is 0 Å². The zero-order valence-corrected chi connectivity index (χ0v) is 12.8. The van der Waals surface area contributed by atoms with Gasteiger partial charge in [0.25, 0.3) is 11.5 Å². The number of hydrogen-bond acceptors (Lipinski definition) is 3. The summed E-state index contributed by atoms with van der Waals surface area (Å²) >= 11 is 0. The van der Waals surface area contributed by atoms with Crippen LogP contribution >= 0.6 is 0 Å². The molecule has 0 radical (unpaired) electrons. The number of pyridine rings is 1. The number of aryl methyl sites for hydroxylation is 2. The molecule has 3 rings (SSSR count). The number of hydrogen-bond donors (Lipinski definition) is 2. The van der Waals surface area contributed by atoms with Crippen molar-refractivity contribution in [2.24, 2.45) is 10.8 Å². The second kappa shape index (κ2) is 5.57. The molecular formula is C17H16N4O2. The number of fused-ring (bicyclic) bond motifs is 1. The Kier molecular flexibility index (Phi) is 3.57. The molecule has 0 bridgehead atoms. The zero-order chi connectivity index (χ0) is 16.6. The number of aromatic amines is 1. The second-order valence-corrected chi connectivity index (χ2v) is 5.38. The summed E-state index contributed by atoms with van der Waals surface area (Å²) in [6.45, 7) is 3.43. The lowest BCUT2D eigenvalue weighted by Crippen LogP contribution is -2.30. The van der Waals surface area contributed by atoms with Gasteiger partial charge in [-0.25, -0.2) is 4.68 Å². The van der Waals surface area contributed by atoms with Crippen molar-refractivity contribution >= 4 is 23.0 Å². The number of primary amides is 1. The predicted molar refractivity (Wildman–Crippen MR) is 90.0 cm³/mol. The van der Waals surface area contributed by atoms with Gasteiger partial charge in [0, 0.05) is 16.6 Å². The number of nitrogens with one attached hydrogen (secondary N) is 1. The average Bonchev–Trinajstić information content (AvgIpc) is 2.88. The maximum absolute atomic E-state index is 12.4. The number of rotatable bonds is 3. The van der Waals surface area contributed by atoms with E-state index in [2.05, 4.69) is 10.1 Å². The molecule has 1 aromatic carbocycles. The van der Waals surface area contributed by atoms with E-state index in [-0.39, 0.29) is 5.56 Å². The Morgan fingerprint density at radius 1 is 1.26 bits per heavy atom. The molecule has 0 aliphatic heterocycles. The van der Waals surface area contributed by atoms with Gasteiger partial charge >= 0.3 is 0 Å². The molecule has 0 fully saturated rings. The van der Waals surface area contributed by atoms with E-state index in [1.807, 2.05) is 30.3 Å². The summed E-state index contributed by atoms with van der Waals surface area (Å²) in [6, 6.07) is 11.5. The smallest absolute Gasteiger partial charge is 0.284 e. The molecule has 3 N–H and O–H groups in total. The van der Waals surface area contributed by atoms with Gasteiger partial charge in [0.05, 0.1) is 11.9 Å². The summed E-state index contributed by atoms with van der Waals surface area (Å²) < 4.78 is 1.18. The lowest BCUT2D eigenvalue weighted by atomic mass is 10.1. The van der Waals surface area contributed by atoms with Crippen LogP contribution in [0.3, 0.4) is 0 Å². The summed E-state index contributed by atoms with van der Waals surface area (Å²) in [5, 5.41) is 5.25. The second-order valence-electron chi connectivity index (χ2n) is 5.38. The molecule has 1 amide bonds. The van der Waals surface area contributed by atoms with E-state index in [1.165, 1.54) is 4.68 Å². The van der Waals surface area contributed by atoms with Crippen molar-refractivity contribution in [3.05, 3.63) is 69.3 Å². The first-order chi connectivity index (χ1) is 11.0. The fourth-order valence-corrected chi connectivity index (χ4v) is 2.61. The van der Waals surface area contributed by atoms with E-state index in [0.717, 1.165) is 16.6 Å².